The molecule has 1 saturated heterocycles. The van der Waals surface area contributed by atoms with Crippen LogP contribution in [0.2, 0.25) is 0 Å². The van der Waals surface area contributed by atoms with Gasteiger partial charge in [0.2, 0.25) is 5.91 Å². The zero-order chi connectivity index (χ0) is 23.8. The molecule has 1 fully saturated rings. The lowest BCUT2D eigenvalue weighted by atomic mass is 10.0. The van der Waals surface area contributed by atoms with Crippen LogP contribution in [0.5, 0.6) is 11.5 Å². The van der Waals surface area contributed by atoms with Crippen LogP contribution in [0.1, 0.15) is 47.8 Å². The lowest BCUT2D eigenvalue weighted by Gasteiger charge is -2.27. The molecule has 4 aromatic rings. The van der Waals surface area contributed by atoms with Crippen molar-refractivity contribution in [1.82, 2.24) is 19.5 Å². The van der Waals surface area contributed by atoms with Gasteiger partial charge in [0.25, 0.3) is 0 Å². The number of fused-ring (bicyclic) bond motifs is 3. The standard InChI is InChI=1S/C27H30N4O3/c1-17-20(18(2)31-27(28-17)21-8-5-6-9-23(21)29-31)12-14-26(32)30-15-7-10-24(30)22-16-19(33-3)11-13-25(22)34-4/h5-6,8-9,11,13,16,24H,7,10,12,14-15H2,1-4H3. The Balaban J connectivity index is 1.39. The van der Waals surface area contributed by atoms with Gasteiger partial charge < -0.3 is 14.4 Å². The van der Waals surface area contributed by atoms with E-state index >= 15 is 0 Å². The highest BCUT2D eigenvalue weighted by Gasteiger charge is 2.32. The molecule has 0 bridgehead atoms. The third-order valence-corrected chi connectivity index (χ3v) is 6.98. The molecule has 0 radical (unpaired) electrons. The molecule has 1 aliphatic heterocycles. The summed E-state index contributed by atoms with van der Waals surface area (Å²) in [4.78, 5) is 20.2. The monoisotopic (exact) mass is 458 g/mol. The summed E-state index contributed by atoms with van der Waals surface area (Å²) in [5.41, 5.74) is 5.88. The molecule has 7 heteroatoms. The largest absolute Gasteiger partial charge is 0.497 e. The molecular weight excluding hydrogens is 428 g/mol. The average Bonchev–Trinajstić information content (AvgIpc) is 3.49. The van der Waals surface area contributed by atoms with Gasteiger partial charge in [-0.05, 0) is 69.0 Å². The lowest BCUT2D eigenvalue weighted by Crippen LogP contribution is -2.31. The van der Waals surface area contributed by atoms with E-state index in [1.54, 1.807) is 14.2 Å². The summed E-state index contributed by atoms with van der Waals surface area (Å²) in [6.07, 6.45) is 2.95. The first kappa shape index (κ1) is 22.2. The summed E-state index contributed by atoms with van der Waals surface area (Å²) >= 11 is 0. The molecule has 1 unspecified atom stereocenters. The molecular formula is C27H30N4O3. The van der Waals surface area contributed by atoms with E-state index in [2.05, 4.69) is 6.92 Å². The van der Waals surface area contributed by atoms with Gasteiger partial charge in [-0.15, -0.1) is 0 Å². The van der Waals surface area contributed by atoms with Crippen LogP contribution in [0.25, 0.3) is 16.6 Å². The van der Waals surface area contributed by atoms with Crippen LogP contribution < -0.4 is 9.47 Å². The number of hydrogen-bond donors (Lipinski definition) is 0. The lowest BCUT2D eigenvalue weighted by molar-refractivity contribution is -0.132. The highest BCUT2D eigenvalue weighted by Crippen LogP contribution is 2.39. The third kappa shape index (κ3) is 3.75. The maximum Gasteiger partial charge on any atom is 0.223 e. The number of carbonyl (C=O) groups excluding carboxylic acids is 1. The second-order valence-electron chi connectivity index (χ2n) is 8.87. The van der Waals surface area contributed by atoms with Crippen LogP contribution in [0.15, 0.2) is 42.5 Å². The summed E-state index contributed by atoms with van der Waals surface area (Å²) in [6.45, 7) is 4.84. The number of benzene rings is 2. The molecule has 5 rings (SSSR count). The van der Waals surface area contributed by atoms with E-state index in [4.69, 9.17) is 19.6 Å². The summed E-state index contributed by atoms with van der Waals surface area (Å²) < 4.78 is 12.9. The number of amides is 1. The molecule has 0 spiro atoms. The third-order valence-electron chi connectivity index (χ3n) is 6.98. The number of aromatic nitrogens is 3. The fraction of sp³-hybridized carbons (Fsp3) is 0.370. The van der Waals surface area contributed by atoms with Crippen molar-refractivity contribution in [3.63, 3.8) is 0 Å². The number of hydrogen-bond acceptors (Lipinski definition) is 5. The van der Waals surface area contributed by atoms with Gasteiger partial charge in [-0.25, -0.2) is 9.50 Å². The molecule has 1 aliphatic rings. The number of nitrogens with zero attached hydrogens (tertiary/aromatic N) is 4. The molecule has 1 amide bonds. The van der Waals surface area contributed by atoms with Crippen molar-refractivity contribution in [2.24, 2.45) is 0 Å². The Bertz CT molecular complexity index is 1380. The smallest absolute Gasteiger partial charge is 0.223 e. The predicted molar refractivity (Wildman–Crippen MR) is 132 cm³/mol. The fourth-order valence-electron chi connectivity index (χ4n) is 5.20. The summed E-state index contributed by atoms with van der Waals surface area (Å²) in [7, 11) is 3.32. The van der Waals surface area contributed by atoms with E-state index in [0.717, 1.165) is 70.0 Å². The second-order valence-corrected chi connectivity index (χ2v) is 8.87. The Morgan fingerprint density at radius 2 is 1.94 bits per heavy atom. The van der Waals surface area contributed by atoms with Gasteiger partial charge in [0.15, 0.2) is 5.65 Å². The van der Waals surface area contributed by atoms with E-state index in [-0.39, 0.29) is 11.9 Å². The van der Waals surface area contributed by atoms with E-state index in [9.17, 15) is 4.79 Å². The predicted octanol–water partition coefficient (Wildman–Crippen LogP) is 4.81. The van der Waals surface area contributed by atoms with Crippen LogP contribution in [0.3, 0.4) is 0 Å². The molecule has 0 N–H and O–H groups in total. The van der Waals surface area contributed by atoms with Gasteiger partial charge >= 0.3 is 0 Å². The minimum absolute atomic E-state index is 0.00300. The van der Waals surface area contributed by atoms with Gasteiger partial charge in [0, 0.05) is 35.3 Å². The van der Waals surface area contributed by atoms with Crippen LogP contribution in [-0.2, 0) is 11.2 Å². The molecule has 1 atom stereocenters. The summed E-state index contributed by atoms with van der Waals surface area (Å²) in [6, 6.07) is 13.8. The van der Waals surface area contributed by atoms with E-state index < -0.39 is 0 Å². The van der Waals surface area contributed by atoms with E-state index in [1.807, 2.05) is 58.8 Å². The van der Waals surface area contributed by atoms with Gasteiger partial charge in [-0.1, -0.05) is 12.1 Å². The fourth-order valence-corrected chi connectivity index (χ4v) is 5.20. The molecule has 2 aromatic carbocycles. The molecule has 7 nitrogen and oxygen atoms in total. The average molecular weight is 459 g/mol. The Labute approximate surface area is 199 Å². The first-order valence-corrected chi connectivity index (χ1v) is 11.8. The molecule has 2 aromatic heterocycles. The number of aryl methyl sites for hydroxylation is 2. The van der Waals surface area contributed by atoms with Gasteiger partial charge in [-0.3, -0.25) is 4.79 Å². The number of likely N-dealkylation sites (tertiary alicyclic amines) is 1. The first-order chi connectivity index (χ1) is 16.5. The Kier molecular flexibility index (Phi) is 5.86. The first-order valence-electron chi connectivity index (χ1n) is 11.8. The van der Waals surface area contributed by atoms with Crippen LogP contribution in [-0.4, -0.2) is 46.2 Å². The highest BCUT2D eigenvalue weighted by atomic mass is 16.5. The SMILES string of the molecule is COc1ccc(OC)c(C2CCCN2C(=O)CCc2c(C)nc3c4ccccc4nn3c2C)c1. The van der Waals surface area contributed by atoms with Crippen LogP contribution >= 0.6 is 0 Å². The van der Waals surface area contributed by atoms with Crippen molar-refractivity contribution in [2.45, 2.75) is 45.6 Å². The number of rotatable bonds is 6. The Morgan fingerprint density at radius 3 is 2.74 bits per heavy atom. The Hall–Kier alpha value is -3.61. The van der Waals surface area contributed by atoms with Crippen LogP contribution in [0, 0.1) is 13.8 Å². The van der Waals surface area contributed by atoms with Crippen molar-refractivity contribution in [3.8, 4) is 11.5 Å². The Morgan fingerprint density at radius 1 is 1.12 bits per heavy atom. The minimum atomic E-state index is -0.00300. The highest BCUT2D eigenvalue weighted by molar-refractivity contribution is 5.92. The van der Waals surface area contributed by atoms with Gasteiger partial charge in [-0.2, -0.15) is 5.10 Å². The van der Waals surface area contributed by atoms with Crippen molar-refractivity contribution in [2.75, 3.05) is 20.8 Å². The number of ether oxygens (including phenoxy) is 2. The number of methoxy groups -OCH3 is 2. The molecule has 0 aliphatic carbocycles. The molecule has 3 heterocycles. The summed E-state index contributed by atoms with van der Waals surface area (Å²) in [5, 5.41) is 5.79. The molecule has 176 valence electrons. The van der Waals surface area contributed by atoms with Crippen molar-refractivity contribution in [1.29, 1.82) is 0 Å². The normalized spacial score (nSPS) is 15.9. The maximum atomic E-state index is 13.4. The molecule has 0 saturated carbocycles. The van der Waals surface area contributed by atoms with Crippen LogP contribution in [0.4, 0.5) is 0 Å². The topological polar surface area (TPSA) is 69.0 Å². The van der Waals surface area contributed by atoms with E-state index in [1.165, 1.54) is 0 Å². The minimum Gasteiger partial charge on any atom is -0.497 e. The maximum absolute atomic E-state index is 13.4. The quantitative estimate of drug-likeness (QED) is 0.415. The van der Waals surface area contributed by atoms with Gasteiger partial charge in [0.05, 0.1) is 25.8 Å². The van der Waals surface area contributed by atoms with Gasteiger partial charge in [0.1, 0.15) is 11.5 Å². The zero-order valence-corrected chi connectivity index (χ0v) is 20.2. The molecule has 34 heavy (non-hydrogen) atoms. The van der Waals surface area contributed by atoms with E-state index in [0.29, 0.717) is 12.8 Å². The van der Waals surface area contributed by atoms with Crippen molar-refractivity contribution < 1.29 is 14.3 Å². The second kappa shape index (κ2) is 8.97. The number of carbonyl (C=O) groups is 1. The van der Waals surface area contributed by atoms with Crippen molar-refractivity contribution >= 4 is 22.5 Å². The van der Waals surface area contributed by atoms with Crippen molar-refractivity contribution in [3.05, 3.63) is 65.0 Å². The zero-order valence-electron chi connectivity index (χ0n) is 20.2. The summed E-state index contributed by atoms with van der Waals surface area (Å²) in [5.74, 6) is 1.71.